The summed E-state index contributed by atoms with van der Waals surface area (Å²) in [6.07, 6.45) is 0.450. The van der Waals surface area contributed by atoms with E-state index in [1.165, 1.54) is 19.2 Å². The highest BCUT2D eigenvalue weighted by Gasteiger charge is 2.25. The first-order valence-corrected chi connectivity index (χ1v) is 8.24. The van der Waals surface area contributed by atoms with Crippen LogP contribution in [0.4, 0.5) is 4.39 Å². The van der Waals surface area contributed by atoms with Crippen LogP contribution in [0.2, 0.25) is 0 Å². The molecule has 1 unspecified atom stereocenters. The number of benzene rings is 1. The minimum atomic E-state index is -4.11. The summed E-state index contributed by atoms with van der Waals surface area (Å²) in [5.74, 6) is -2.05. The van der Waals surface area contributed by atoms with Gasteiger partial charge in [0.05, 0.1) is 9.37 Å². The van der Waals surface area contributed by atoms with Crippen LogP contribution in [0.5, 0.6) is 0 Å². The maximum absolute atomic E-state index is 13.4. The van der Waals surface area contributed by atoms with E-state index in [0.717, 1.165) is 6.07 Å². The van der Waals surface area contributed by atoms with E-state index in [4.69, 9.17) is 9.84 Å². The predicted octanol–water partition coefficient (Wildman–Crippen LogP) is 1.75. The molecule has 0 saturated carbocycles. The van der Waals surface area contributed by atoms with Gasteiger partial charge >= 0.3 is 5.97 Å². The van der Waals surface area contributed by atoms with Gasteiger partial charge in [-0.15, -0.1) is 0 Å². The van der Waals surface area contributed by atoms with Crippen LogP contribution >= 0.6 is 15.9 Å². The molecule has 0 bridgehead atoms. The molecule has 21 heavy (non-hydrogen) atoms. The SMILES string of the molecule is COCCCC(NS(=O)(=O)c1ccc(Br)c(F)c1)C(=O)O. The van der Waals surface area contributed by atoms with Gasteiger partial charge in [0.25, 0.3) is 0 Å². The number of hydrogen-bond acceptors (Lipinski definition) is 4. The number of hydrogen-bond donors (Lipinski definition) is 2. The van der Waals surface area contributed by atoms with Gasteiger partial charge in [0, 0.05) is 13.7 Å². The fourth-order valence-electron chi connectivity index (χ4n) is 1.56. The third-order valence-electron chi connectivity index (χ3n) is 2.64. The molecule has 0 aromatic heterocycles. The summed E-state index contributed by atoms with van der Waals surface area (Å²) in [5, 5.41) is 9.03. The first kappa shape index (κ1) is 18.0. The van der Waals surface area contributed by atoms with E-state index in [2.05, 4.69) is 15.9 Å². The lowest BCUT2D eigenvalue weighted by molar-refractivity contribution is -0.139. The van der Waals surface area contributed by atoms with Gasteiger partial charge in [-0.05, 0) is 47.0 Å². The number of aliphatic carboxylic acids is 1. The fraction of sp³-hybridized carbons (Fsp3) is 0.417. The highest BCUT2D eigenvalue weighted by molar-refractivity contribution is 9.10. The lowest BCUT2D eigenvalue weighted by Crippen LogP contribution is -2.40. The van der Waals surface area contributed by atoms with Gasteiger partial charge in [0.2, 0.25) is 10.0 Å². The summed E-state index contributed by atoms with van der Waals surface area (Å²) in [4.78, 5) is 10.7. The third kappa shape index (κ3) is 5.34. The number of ether oxygens (including phenoxy) is 1. The van der Waals surface area contributed by atoms with Gasteiger partial charge in [-0.25, -0.2) is 12.8 Å². The zero-order chi connectivity index (χ0) is 16.0. The lowest BCUT2D eigenvalue weighted by atomic mass is 10.2. The molecule has 9 heteroatoms. The van der Waals surface area contributed by atoms with Gasteiger partial charge in [0.1, 0.15) is 11.9 Å². The van der Waals surface area contributed by atoms with E-state index in [9.17, 15) is 17.6 Å². The van der Waals surface area contributed by atoms with Crippen LogP contribution in [0, 0.1) is 5.82 Å². The number of rotatable bonds is 8. The second-order valence-electron chi connectivity index (χ2n) is 4.22. The quantitative estimate of drug-likeness (QED) is 0.667. The van der Waals surface area contributed by atoms with Gasteiger partial charge in [0.15, 0.2) is 0 Å². The van der Waals surface area contributed by atoms with Crippen molar-refractivity contribution in [3.8, 4) is 0 Å². The first-order valence-electron chi connectivity index (χ1n) is 5.97. The standard InChI is InChI=1S/C12H15BrFNO5S/c1-20-6-2-3-11(12(16)17)15-21(18,19)8-4-5-9(13)10(14)7-8/h4-5,7,11,15H,2-3,6H2,1H3,(H,16,17). The molecule has 1 aromatic carbocycles. The summed E-state index contributed by atoms with van der Waals surface area (Å²) in [5.41, 5.74) is 0. The number of sulfonamides is 1. The zero-order valence-corrected chi connectivity index (χ0v) is 13.6. The van der Waals surface area contributed by atoms with Crippen LogP contribution in [0.3, 0.4) is 0 Å². The van der Waals surface area contributed by atoms with Crippen LogP contribution in [0.15, 0.2) is 27.6 Å². The molecule has 1 rings (SSSR count). The topological polar surface area (TPSA) is 92.7 Å². The molecule has 0 radical (unpaired) electrons. The second kappa shape index (κ2) is 7.83. The Kier molecular flexibility index (Phi) is 6.72. The Morgan fingerprint density at radius 1 is 1.52 bits per heavy atom. The van der Waals surface area contributed by atoms with Crippen molar-refractivity contribution in [1.29, 1.82) is 0 Å². The van der Waals surface area contributed by atoms with Gasteiger partial charge in [-0.3, -0.25) is 4.79 Å². The minimum absolute atomic E-state index is 0.0708. The second-order valence-corrected chi connectivity index (χ2v) is 6.79. The van der Waals surface area contributed by atoms with E-state index in [0.29, 0.717) is 13.0 Å². The molecule has 0 heterocycles. The van der Waals surface area contributed by atoms with Crippen molar-refractivity contribution in [3.05, 3.63) is 28.5 Å². The molecule has 1 aromatic rings. The van der Waals surface area contributed by atoms with E-state index < -0.39 is 27.9 Å². The predicted molar refractivity (Wildman–Crippen MR) is 77.0 cm³/mol. The Bertz CT molecular complexity index is 608. The molecule has 0 spiro atoms. The van der Waals surface area contributed by atoms with Crippen LogP contribution in [0.25, 0.3) is 0 Å². The maximum Gasteiger partial charge on any atom is 0.321 e. The number of carboxylic acid groups (broad SMARTS) is 1. The molecule has 0 saturated heterocycles. The molecule has 2 N–H and O–H groups in total. The first-order chi connectivity index (χ1) is 9.77. The summed E-state index contributed by atoms with van der Waals surface area (Å²) in [7, 11) is -2.65. The van der Waals surface area contributed by atoms with Crippen LogP contribution in [-0.4, -0.2) is 39.3 Å². The van der Waals surface area contributed by atoms with Crippen molar-refractivity contribution >= 4 is 31.9 Å². The average molecular weight is 384 g/mol. The molecule has 0 fully saturated rings. The van der Waals surface area contributed by atoms with Crippen molar-refractivity contribution in [2.75, 3.05) is 13.7 Å². The van der Waals surface area contributed by atoms with Crippen LogP contribution in [-0.2, 0) is 19.6 Å². The van der Waals surface area contributed by atoms with Crippen molar-refractivity contribution in [2.24, 2.45) is 0 Å². The number of carboxylic acids is 1. The summed E-state index contributed by atoms with van der Waals surface area (Å²) in [6, 6.07) is 1.95. The summed E-state index contributed by atoms with van der Waals surface area (Å²) >= 11 is 2.91. The number of methoxy groups -OCH3 is 1. The molecular formula is C12H15BrFNO5S. The molecule has 0 amide bonds. The summed E-state index contributed by atoms with van der Waals surface area (Å²) < 4.78 is 44.5. The Balaban J connectivity index is 2.89. The van der Waals surface area contributed by atoms with Crippen LogP contribution < -0.4 is 4.72 Å². The monoisotopic (exact) mass is 383 g/mol. The fourth-order valence-corrected chi connectivity index (χ4v) is 3.05. The average Bonchev–Trinajstić information content (AvgIpc) is 2.40. The molecule has 0 aliphatic carbocycles. The maximum atomic E-state index is 13.4. The van der Waals surface area contributed by atoms with Crippen molar-refractivity contribution in [2.45, 2.75) is 23.8 Å². The Morgan fingerprint density at radius 2 is 2.19 bits per heavy atom. The van der Waals surface area contributed by atoms with E-state index in [-0.39, 0.29) is 15.8 Å². The van der Waals surface area contributed by atoms with Crippen LogP contribution in [0.1, 0.15) is 12.8 Å². The zero-order valence-electron chi connectivity index (χ0n) is 11.2. The summed E-state index contributed by atoms with van der Waals surface area (Å²) in [6.45, 7) is 0.318. The van der Waals surface area contributed by atoms with E-state index in [1.807, 2.05) is 4.72 Å². The number of halogens is 2. The minimum Gasteiger partial charge on any atom is -0.480 e. The van der Waals surface area contributed by atoms with Crippen molar-refractivity contribution < 1.29 is 27.4 Å². The van der Waals surface area contributed by atoms with E-state index >= 15 is 0 Å². The van der Waals surface area contributed by atoms with E-state index in [1.54, 1.807) is 0 Å². The third-order valence-corrected chi connectivity index (χ3v) is 4.75. The Morgan fingerprint density at radius 3 is 2.71 bits per heavy atom. The number of carbonyl (C=O) groups is 1. The largest absolute Gasteiger partial charge is 0.480 e. The molecular weight excluding hydrogens is 369 g/mol. The van der Waals surface area contributed by atoms with Gasteiger partial charge in [-0.1, -0.05) is 0 Å². The molecule has 1 atom stereocenters. The van der Waals surface area contributed by atoms with Gasteiger partial charge in [-0.2, -0.15) is 4.72 Å². The Labute approximate surface area is 130 Å². The molecule has 0 aliphatic rings. The lowest BCUT2D eigenvalue weighted by Gasteiger charge is -2.14. The molecule has 0 aliphatic heterocycles. The highest BCUT2D eigenvalue weighted by atomic mass is 79.9. The molecule has 118 valence electrons. The van der Waals surface area contributed by atoms with Crippen molar-refractivity contribution in [1.82, 2.24) is 4.72 Å². The highest BCUT2D eigenvalue weighted by Crippen LogP contribution is 2.19. The normalized spacial score (nSPS) is 13.1. The Hall–Kier alpha value is -1.03. The van der Waals surface area contributed by atoms with Crippen molar-refractivity contribution in [3.63, 3.8) is 0 Å². The number of nitrogens with one attached hydrogen (secondary N) is 1. The van der Waals surface area contributed by atoms with Gasteiger partial charge < -0.3 is 9.84 Å². The molecule has 6 nitrogen and oxygen atoms in total. The smallest absolute Gasteiger partial charge is 0.321 e.